The van der Waals surface area contributed by atoms with Crippen molar-refractivity contribution in [3.8, 4) is 0 Å². The number of ketones is 1. The highest BCUT2D eigenvalue weighted by atomic mass is 19.4. The number of allylic oxidation sites excluding steroid dienone is 1. The molecule has 3 nitrogen and oxygen atoms in total. The van der Waals surface area contributed by atoms with Crippen LogP contribution in [0.15, 0.2) is 36.1 Å². The maximum atomic E-state index is 12.7. The third-order valence-electron chi connectivity index (χ3n) is 3.25. The van der Waals surface area contributed by atoms with Crippen molar-refractivity contribution in [2.45, 2.75) is 25.4 Å². The van der Waals surface area contributed by atoms with Gasteiger partial charge < -0.3 is 10.1 Å². The zero-order valence-corrected chi connectivity index (χ0v) is 11.3. The Morgan fingerprint density at radius 1 is 1.43 bits per heavy atom. The first-order chi connectivity index (χ1) is 9.84. The third-order valence-corrected chi connectivity index (χ3v) is 3.25. The minimum atomic E-state index is -4.47. The zero-order valence-electron chi connectivity index (χ0n) is 11.3. The molecule has 1 unspecified atom stereocenters. The van der Waals surface area contributed by atoms with E-state index in [0.29, 0.717) is 12.2 Å². The van der Waals surface area contributed by atoms with Gasteiger partial charge in [-0.05, 0) is 18.6 Å². The molecule has 6 heteroatoms. The van der Waals surface area contributed by atoms with Crippen LogP contribution in [-0.2, 0) is 15.7 Å². The van der Waals surface area contributed by atoms with Crippen LogP contribution in [0.1, 0.15) is 30.4 Å². The number of carbonyl (C=O) groups excluding carboxylic acids is 1. The number of rotatable bonds is 3. The summed E-state index contributed by atoms with van der Waals surface area (Å²) in [6.45, 7) is 2.14. The Bertz CT molecular complexity index is 605. The smallest absolute Gasteiger partial charge is 0.416 e. The molecule has 0 amide bonds. The van der Waals surface area contributed by atoms with Gasteiger partial charge in [0.15, 0.2) is 5.78 Å². The molecule has 1 fully saturated rings. The lowest BCUT2D eigenvalue weighted by Gasteiger charge is -2.12. The Balaban J connectivity index is 2.34. The number of halogens is 3. The summed E-state index contributed by atoms with van der Waals surface area (Å²) in [6.07, 6.45) is -3.06. The summed E-state index contributed by atoms with van der Waals surface area (Å²) in [5, 5.41) is 7.87. The van der Waals surface area contributed by atoms with Gasteiger partial charge in [0.1, 0.15) is 0 Å². The molecule has 0 saturated heterocycles. The molecule has 1 aliphatic rings. The second kappa shape index (κ2) is 5.71. The molecule has 112 valence electrons. The van der Waals surface area contributed by atoms with Crippen LogP contribution in [-0.4, -0.2) is 18.1 Å². The standard InChI is InChI=1S/C15H14F3NO2/c1-2-21-8-10-7-12(19)13(14(10)20)9-4-3-5-11(6-9)15(16,17)18/h3-6,8,13,19H,2,7H2,1H3. The highest BCUT2D eigenvalue weighted by molar-refractivity contribution is 6.23. The van der Waals surface area contributed by atoms with Gasteiger partial charge in [-0.3, -0.25) is 4.79 Å². The Hall–Kier alpha value is -2.11. The Morgan fingerprint density at radius 2 is 2.14 bits per heavy atom. The number of hydrogen-bond acceptors (Lipinski definition) is 3. The van der Waals surface area contributed by atoms with Crippen molar-refractivity contribution in [3.63, 3.8) is 0 Å². The van der Waals surface area contributed by atoms with Gasteiger partial charge in [-0.15, -0.1) is 0 Å². The molecule has 1 N–H and O–H groups in total. The van der Waals surface area contributed by atoms with Crippen molar-refractivity contribution in [1.82, 2.24) is 0 Å². The number of carbonyl (C=O) groups is 1. The van der Waals surface area contributed by atoms with E-state index < -0.39 is 17.7 Å². The Morgan fingerprint density at radius 3 is 2.76 bits per heavy atom. The first-order valence-corrected chi connectivity index (χ1v) is 6.44. The molecule has 0 aliphatic heterocycles. The summed E-state index contributed by atoms with van der Waals surface area (Å²) in [5.74, 6) is -1.31. The highest BCUT2D eigenvalue weighted by Crippen LogP contribution is 2.35. The van der Waals surface area contributed by atoms with Gasteiger partial charge >= 0.3 is 6.18 Å². The van der Waals surface area contributed by atoms with Gasteiger partial charge in [0, 0.05) is 17.7 Å². The third kappa shape index (κ3) is 3.15. The maximum Gasteiger partial charge on any atom is 0.416 e. The topological polar surface area (TPSA) is 50.1 Å². The predicted molar refractivity (Wildman–Crippen MR) is 71.2 cm³/mol. The van der Waals surface area contributed by atoms with E-state index in [-0.39, 0.29) is 23.5 Å². The Kier molecular flexibility index (Phi) is 4.16. The van der Waals surface area contributed by atoms with Crippen LogP contribution in [0.25, 0.3) is 0 Å². The van der Waals surface area contributed by atoms with E-state index in [1.165, 1.54) is 18.4 Å². The first-order valence-electron chi connectivity index (χ1n) is 6.44. The van der Waals surface area contributed by atoms with Crippen LogP contribution in [0.5, 0.6) is 0 Å². The van der Waals surface area contributed by atoms with Gasteiger partial charge in [-0.2, -0.15) is 13.2 Å². The monoisotopic (exact) mass is 297 g/mol. The van der Waals surface area contributed by atoms with Crippen LogP contribution >= 0.6 is 0 Å². The van der Waals surface area contributed by atoms with Gasteiger partial charge in [0.25, 0.3) is 0 Å². The lowest BCUT2D eigenvalue weighted by molar-refractivity contribution is -0.137. The van der Waals surface area contributed by atoms with E-state index in [0.717, 1.165) is 12.1 Å². The van der Waals surface area contributed by atoms with Crippen molar-refractivity contribution in [1.29, 1.82) is 5.41 Å². The number of Topliss-reactive ketones (excluding diaryl/α,β-unsaturated/α-hetero) is 1. The number of hydrogen-bond donors (Lipinski definition) is 1. The normalized spacial score (nSPS) is 21.1. The van der Waals surface area contributed by atoms with E-state index in [1.807, 2.05) is 0 Å². The van der Waals surface area contributed by atoms with Gasteiger partial charge in [0.2, 0.25) is 0 Å². The summed E-state index contributed by atoms with van der Waals surface area (Å²) >= 11 is 0. The molecule has 1 aliphatic carbocycles. The van der Waals surface area contributed by atoms with E-state index >= 15 is 0 Å². The lowest BCUT2D eigenvalue weighted by atomic mass is 9.93. The molecule has 1 aromatic rings. The van der Waals surface area contributed by atoms with Crippen LogP contribution < -0.4 is 0 Å². The summed E-state index contributed by atoms with van der Waals surface area (Å²) in [4.78, 5) is 12.2. The van der Waals surface area contributed by atoms with Crippen LogP contribution in [0, 0.1) is 5.41 Å². The van der Waals surface area contributed by atoms with Gasteiger partial charge in [0.05, 0.1) is 24.4 Å². The van der Waals surface area contributed by atoms with Crippen molar-refractivity contribution in [2.24, 2.45) is 0 Å². The fraction of sp³-hybridized carbons (Fsp3) is 0.333. The average Bonchev–Trinajstić information content (AvgIpc) is 2.70. The van der Waals surface area contributed by atoms with Crippen molar-refractivity contribution >= 4 is 11.5 Å². The second-order valence-electron chi connectivity index (χ2n) is 4.72. The molecular weight excluding hydrogens is 283 g/mol. The number of nitrogens with one attached hydrogen (secondary N) is 1. The molecule has 0 heterocycles. The van der Waals surface area contributed by atoms with E-state index in [9.17, 15) is 18.0 Å². The molecule has 0 radical (unpaired) electrons. The van der Waals surface area contributed by atoms with Gasteiger partial charge in [-0.1, -0.05) is 18.2 Å². The van der Waals surface area contributed by atoms with E-state index in [1.54, 1.807) is 6.92 Å². The number of alkyl halides is 3. The van der Waals surface area contributed by atoms with Gasteiger partial charge in [-0.25, -0.2) is 0 Å². The zero-order chi connectivity index (χ0) is 15.6. The molecule has 0 spiro atoms. The minimum absolute atomic E-state index is 0.0882. The number of benzene rings is 1. The summed E-state index contributed by atoms with van der Waals surface area (Å²) in [5.41, 5.74) is -0.211. The van der Waals surface area contributed by atoms with E-state index in [4.69, 9.17) is 10.1 Å². The van der Waals surface area contributed by atoms with Crippen molar-refractivity contribution in [3.05, 3.63) is 47.2 Å². The first kappa shape index (κ1) is 15.3. The van der Waals surface area contributed by atoms with Crippen molar-refractivity contribution < 1.29 is 22.7 Å². The fourth-order valence-electron chi connectivity index (χ4n) is 2.27. The quantitative estimate of drug-likeness (QED) is 0.683. The van der Waals surface area contributed by atoms with E-state index in [2.05, 4.69) is 0 Å². The SMILES string of the molecule is CCOC=C1CC(=N)C(c2cccc(C(F)(F)F)c2)C1=O. The maximum absolute atomic E-state index is 12.7. The second-order valence-corrected chi connectivity index (χ2v) is 4.72. The van der Waals surface area contributed by atoms with Crippen LogP contribution in [0.3, 0.4) is 0 Å². The molecule has 21 heavy (non-hydrogen) atoms. The molecule has 0 bridgehead atoms. The lowest BCUT2D eigenvalue weighted by Crippen LogP contribution is -2.14. The minimum Gasteiger partial charge on any atom is -0.501 e. The van der Waals surface area contributed by atoms with Crippen molar-refractivity contribution in [2.75, 3.05) is 6.61 Å². The summed E-state index contributed by atoms with van der Waals surface area (Å²) in [6, 6.07) is 4.57. The van der Waals surface area contributed by atoms with Crippen LogP contribution in [0.4, 0.5) is 13.2 Å². The molecule has 0 aromatic heterocycles. The summed E-state index contributed by atoms with van der Waals surface area (Å²) in [7, 11) is 0. The summed E-state index contributed by atoms with van der Waals surface area (Å²) < 4.78 is 43.2. The largest absolute Gasteiger partial charge is 0.501 e. The molecule has 1 saturated carbocycles. The fourth-order valence-corrected chi connectivity index (χ4v) is 2.27. The molecule has 1 aromatic carbocycles. The molecule has 2 rings (SSSR count). The Labute approximate surface area is 119 Å². The average molecular weight is 297 g/mol. The highest BCUT2D eigenvalue weighted by Gasteiger charge is 2.37. The molecular formula is C15H14F3NO2. The van der Waals surface area contributed by atoms with Crippen LogP contribution in [0.2, 0.25) is 0 Å². The number of ether oxygens (including phenoxy) is 1. The molecule has 1 atom stereocenters. The predicted octanol–water partition coefficient (Wildman–Crippen LogP) is 3.70.